The molecule has 3 nitrogen and oxygen atoms in total. The van der Waals surface area contributed by atoms with Crippen LogP contribution >= 0.6 is 24.0 Å². The molecule has 19 heavy (non-hydrogen) atoms. The van der Waals surface area contributed by atoms with Crippen LogP contribution in [0.4, 0.5) is 0 Å². The van der Waals surface area contributed by atoms with Crippen LogP contribution < -0.4 is 0 Å². The monoisotopic (exact) mass is 286 g/mol. The molecule has 0 radical (unpaired) electrons. The Bertz CT molecular complexity index is 719. The van der Waals surface area contributed by atoms with Crippen LogP contribution in [0.15, 0.2) is 41.4 Å². The van der Waals surface area contributed by atoms with Crippen molar-refractivity contribution in [3.8, 4) is 0 Å². The van der Waals surface area contributed by atoms with Gasteiger partial charge in [0, 0.05) is 24.2 Å². The van der Waals surface area contributed by atoms with Gasteiger partial charge in [-0.15, -0.1) is 0 Å². The van der Waals surface area contributed by atoms with E-state index >= 15 is 0 Å². The number of thioether (sulfide) groups is 1. The first-order valence-electron chi connectivity index (χ1n) is 5.72. The molecule has 1 saturated heterocycles. The second-order valence-electron chi connectivity index (χ2n) is 4.16. The maximum atomic E-state index is 12.0. The fourth-order valence-corrected chi connectivity index (χ4v) is 3.10. The molecule has 1 aromatic heterocycles. The van der Waals surface area contributed by atoms with E-state index < -0.39 is 0 Å². The van der Waals surface area contributed by atoms with Crippen molar-refractivity contribution >= 4 is 51.2 Å². The second kappa shape index (κ2) is 4.75. The number of carbonyl (C=O) groups is 1. The highest BCUT2D eigenvalue weighted by atomic mass is 32.2. The largest absolute Gasteiger partial charge is 0.296 e. The molecule has 0 N–H and O–H groups in total. The van der Waals surface area contributed by atoms with E-state index in [1.807, 2.05) is 36.4 Å². The zero-order valence-corrected chi connectivity index (χ0v) is 11.8. The minimum atomic E-state index is -0.0528. The van der Waals surface area contributed by atoms with Gasteiger partial charge >= 0.3 is 0 Å². The highest BCUT2D eigenvalue weighted by Crippen LogP contribution is 2.32. The Hall–Kier alpha value is -1.72. The first kappa shape index (κ1) is 12.3. The van der Waals surface area contributed by atoms with Crippen molar-refractivity contribution in [2.75, 3.05) is 7.05 Å². The van der Waals surface area contributed by atoms with Gasteiger partial charge in [0.15, 0.2) is 0 Å². The predicted octanol–water partition coefficient (Wildman–Crippen LogP) is 3.07. The van der Waals surface area contributed by atoms with E-state index in [0.717, 1.165) is 16.5 Å². The van der Waals surface area contributed by atoms with Crippen LogP contribution in [-0.2, 0) is 4.79 Å². The smallest absolute Gasteiger partial charge is 0.265 e. The summed E-state index contributed by atoms with van der Waals surface area (Å²) >= 11 is 6.45. The zero-order valence-electron chi connectivity index (χ0n) is 10.2. The number of carbonyl (C=O) groups excluding carboxylic acids is 1. The Morgan fingerprint density at radius 3 is 2.84 bits per heavy atom. The Morgan fingerprint density at radius 1 is 1.32 bits per heavy atom. The van der Waals surface area contributed by atoms with E-state index in [1.165, 1.54) is 16.7 Å². The maximum absolute atomic E-state index is 12.0. The molecule has 0 unspecified atom stereocenters. The van der Waals surface area contributed by atoms with Crippen LogP contribution in [0.25, 0.3) is 17.0 Å². The molecular weight excluding hydrogens is 276 g/mol. The van der Waals surface area contributed by atoms with E-state index in [0.29, 0.717) is 9.23 Å². The highest BCUT2D eigenvalue weighted by Gasteiger charge is 2.28. The molecule has 0 bridgehead atoms. The lowest BCUT2D eigenvalue weighted by Gasteiger charge is -2.04. The van der Waals surface area contributed by atoms with Crippen LogP contribution in [0.3, 0.4) is 0 Å². The van der Waals surface area contributed by atoms with Gasteiger partial charge in [-0.05, 0) is 12.1 Å². The van der Waals surface area contributed by atoms with E-state index in [4.69, 9.17) is 12.2 Å². The van der Waals surface area contributed by atoms with Crippen LogP contribution in [0.2, 0.25) is 0 Å². The Kier molecular flexibility index (Phi) is 3.08. The van der Waals surface area contributed by atoms with Crippen molar-refractivity contribution in [3.05, 3.63) is 47.0 Å². The van der Waals surface area contributed by atoms with Gasteiger partial charge in [-0.2, -0.15) is 0 Å². The van der Waals surface area contributed by atoms with E-state index in [-0.39, 0.29) is 5.91 Å². The number of hydrogen-bond donors (Lipinski definition) is 0. The summed E-state index contributed by atoms with van der Waals surface area (Å²) in [5.41, 5.74) is 1.83. The number of thiocarbonyl (C=S) groups is 1. The number of amides is 1. The normalized spacial score (nSPS) is 17.7. The lowest BCUT2D eigenvalue weighted by Crippen LogP contribution is -2.22. The Labute approximate surface area is 120 Å². The summed E-state index contributed by atoms with van der Waals surface area (Å²) in [4.78, 5) is 18.5. The summed E-state index contributed by atoms with van der Waals surface area (Å²) < 4.78 is 0.587. The number of para-hydroxylation sites is 1. The molecule has 0 saturated carbocycles. The highest BCUT2D eigenvalue weighted by molar-refractivity contribution is 8.26. The van der Waals surface area contributed by atoms with Crippen molar-refractivity contribution in [1.29, 1.82) is 0 Å². The molecule has 0 atom stereocenters. The van der Waals surface area contributed by atoms with Crippen LogP contribution in [0, 0.1) is 0 Å². The van der Waals surface area contributed by atoms with Crippen LogP contribution in [0.1, 0.15) is 5.56 Å². The number of rotatable bonds is 1. The summed E-state index contributed by atoms with van der Waals surface area (Å²) in [6, 6.07) is 9.83. The van der Waals surface area contributed by atoms with Gasteiger partial charge in [-0.1, -0.05) is 48.2 Å². The number of aromatic nitrogens is 1. The lowest BCUT2D eigenvalue weighted by atomic mass is 10.1. The first-order valence-corrected chi connectivity index (χ1v) is 6.94. The standard InChI is InChI=1S/C14H10N2OS2/c1-16-13(17)11(19-14(16)18)8-10-5-2-4-9-6-3-7-15-12(9)10/h2-8H,1H3/b11-8+. The summed E-state index contributed by atoms with van der Waals surface area (Å²) in [6.45, 7) is 0. The summed E-state index contributed by atoms with van der Waals surface area (Å²) in [5.74, 6) is -0.0528. The molecule has 1 aliphatic rings. The quantitative estimate of drug-likeness (QED) is 0.596. The average Bonchev–Trinajstić information content (AvgIpc) is 2.67. The number of likely N-dealkylation sites (N-methyl/N-ethyl adjacent to an activating group) is 1. The van der Waals surface area contributed by atoms with E-state index in [2.05, 4.69) is 4.98 Å². The van der Waals surface area contributed by atoms with Gasteiger partial charge in [-0.25, -0.2) is 0 Å². The molecule has 1 fully saturated rings. The number of benzene rings is 1. The topological polar surface area (TPSA) is 33.2 Å². The maximum Gasteiger partial charge on any atom is 0.265 e. The molecule has 0 spiro atoms. The molecule has 0 aliphatic carbocycles. The van der Waals surface area contributed by atoms with E-state index in [1.54, 1.807) is 13.2 Å². The number of hydrogen-bond acceptors (Lipinski definition) is 4. The summed E-state index contributed by atoms with van der Waals surface area (Å²) in [7, 11) is 1.69. The summed E-state index contributed by atoms with van der Waals surface area (Å²) in [5, 5.41) is 1.06. The third kappa shape index (κ3) is 2.15. The van der Waals surface area contributed by atoms with Gasteiger partial charge < -0.3 is 0 Å². The fourth-order valence-electron chi connectivity index (χ4n) is 1.93. The second-order valence-corrected chi connectivity index (χ2v) is 5.84. The molecule has 94 valence electrons. The van der Waals surface area contributed by atoms with Gasteiger partial charge in [0.2, 0.25) is 0 Å². The van der Waals surface area contributed by atoms with Gasteiger partial charge in [0.25, 0.3) is 5.91 Å². The van der Waals surface area contributed by atoms with Crippen LogP contribution in [0.5, 0.6) is 0 Å². The Balaban J connectivity index is 2.12. The number of fused-ring (bicyclic) bond motifs is 1. The predicted molar refractivity (Wildman–Crippen MR) is 82.7 cm³/mol. The fraction of sp³-hybridized carbons (Fsp3) is 0.0714. The van der Waals surface area contributed by atoms with Crippen molar-refractivity contribution in [1.82, 2.24) is 9.88 Å². The summed E-state index contributed by atoms with van der Waals surface area (Å²) in [6.07, 6.45) is 3.61. The molecule has 1 aliphatic heterocycles. The van der Waals surface area contributed by atoms with Gasteiger partial charge in [0.05, 0.1) is 10.4 Å². The minimum absolute atomic E-state index is 0.0528. The van der Waals surface area contributed by atoms with Crippen molar-refractivity contribution in [2.24, 2.45) is 0 Å². The number of nitrogens with zero attached hydrogens (tertiary/aromatic N) is 2. The van der Waals surface area contributed by atoms with Gasteiger partial charge in [-0.3, -0.25) is 14.7 Å². The van der Waals surface area contributed by atoms with E-state index in [9.17, 15) is 4.79 Å². The molecule has 2 aromatic rings. The molecule has 1 aromatic carbocycles. The SMILES string of the molecule is CN1C(=O)/C(=C\c2cccc3cccnc23)SC1=S. The van der Waals surface area contributed by atoms with Crippen molar-refractivity contribution in [3.63, 3.8) is 0 Å². The van der Waals surface area contributed by atoms with Crippen LogP contribution in [-0.4, -0.2) is 27.2 Å². The molecule has 3 rings (SSSR count). The van der Waals surface area contributed by atoms with Crippen molar-refractivity contribution < 1.29 is 4.79 Å². The third-order valence-electron chi connectivity index (χ3n) is 2.94. The van der Waals surface area contributed by atoms with Gasteiger partial charge in [0.1, 0.15) is 4.32 Å². The minimum Gasteiger partial charge on any atom is -0.296 e. The molecule has 1 amide bonds. The Morgan fingerprint density at radius 2 is 2.11 bits per heavy atom. The molecule has 5 heteroatoms. The zero-order chi connectivity index (χ0) is 13.4. The molecular formula is C14H10N2OS2. The third-order valence-corrected chi connectivity index (χ3v) is 4.42. The average molecular weight is 286 g/mol. The lowest BCUT2D eigenvalue weighted by molar-refractivity contribution is -0.121. The van der Waals surface area contributed by atoms with Crippen molar-refractivity contribution in [2.45, 2.75) is 0 Å². The number of pyridine rings is 1. The first-order chi connectivity index (χ1) is 9.16. The molecule has 2 heterocycles.